The molecule has 194 valence electrons. The van der Waals surface area contributed by atoms with E-state index in [1.165, 1.54) is 37.7 Å². The molecule has 1 unspecified atom stereocenters. The predicted octanol–water partition coefficient (Wildman–Crippen LogP) is 4.69. The van der Waals surface area contributed by atoms with Crippen LogP contribution in [0, 0.1) is 23.2 Å². The summed E-state index contributed by atoms with van der Waals surface area (Å²) in [5, 5.41) is 40.2. The molecule has 0 radical (unpaired) electrons. The van der Waals surface area contributed by atoms with Crippen molar-refractivity contribution in [1.29, 1.82) is 0 Å². The standard InChI is InChI=1S/C29H48O5/c1-19(8-6-14-28(3,4)33)23-12-13-24-21(9-7-15-29(23,24)5)10-11-22-18-25(31)27(34-17-16-30)26(32)20(22)2/h10-11,19,23-27,30-33H,2,6-9,12-18H2,1,3-5H3/b21-10+,22-11-/t19-,23+,24?,25+,26+,27-,29+/m0/s1. The maximum Gasteiger partial charge on any atom is 0.114 e. The highest BCUT2D eigenvalue weighted by Crippen LogP contribution is 2.60. The maximum atomic E-state index is 10.6. The number of ether oxygens (including phenoxy) is 1. The second-order valence-electron chi connectivity index (χ2n) is 12.0. The molecule has 0 saturated heterocycles. The second-order valence-corrected chi connectivity index (χ2v) is 12.0. The first-order valence-corrected chi connectivity index (χ1v) is 13.4. The molecule has 0 aromatic carbocycles. The van der Waals surface area contributed by atoms with Gasteiger partial charge in [0.1, 0.15) is 12.2 Å². The zero-order valence-corrected chi connectivity index (χ0v) is 21.8. The Morgan fingerprint density at radius 3 is 2.65 bits per heavy atom. The van der Waals surface area contributed by atoms with Crippen LogP contribution in [0.3, 0.4) is 0 Å². The van der Waals surface area contributed by atoms with Gasteiger partial charge in [-0.15, -0.1) is 0 Å². The van der Waals surface area contributed by atoms with Crippen molar-refractivity contribution in [3.05, 3.63) is 35.5 Å². The molecule has 0 bridgehead atoms. The molecule has 3 aliphatic carbocycles. The van der Waals surface area contributed by atoms with E-state index in [9.17, 15) is 15.3 Å². The molecule has 0 aliphatic heterocycles. The molecule has 0 amide bonds. The summed E-state index contributed by atoms with van der Waals surface area (Å²) in [5.41, 5.74) is 2.74. The predicted molar refractivity (Wildman–Crippen MR) is 136 cm³/mol. The van der Waals surface area contributed by atoms with Crippen molar-refractivity contribution >= 4 is 0 Å². The first-order valence-electron chi connectivity index (χ1n) is 13.4. The van der Waals surface area contributed by atoms with Crippen molar-refractivity contribution in [1.82, 2.24) is 0 Å². The molecule has 0 spiro atoms. The van der Waals surface area contributed by atoms with Crippen LogP contribution < -0.4 is 0 Å². The van der Waals surface area contributed by atoms with Gasteiger partial charge in [-0.2, -0.15) is 0 Å². The summed E-state index contributed by atoms with van der Waals surface area (Å²) < 4.78 is 5.45. The summed E-state index contributed by atoms with van der Waals surface area (Å²) in [6.07, 6.45) is 11.4. The van der Waals surface area contributed by atoms with E-state index in [-0.39, 0.29) is 13.2 Å². The van der Waals surface area contributed by atoms with Crippen LogP contribution in [0.5, 0.6) is 0 Å². The SMILES string of the molecule is C=C1/C(=C\C=C2/CCC[C@@]3(C)C2CC[C@@H]3[C@@H](C)CCCC(C)(C)O)C[C@@H](O)[C@H](OCCO)[C@@H]1O. The highest BCUT2D eigenvalue weighted by molar-refractivity contribution is 5.40. The Balaban J connectivity index is 1.69. The van der Waals surface area contributed by atoms with Gasteiger partial charge in [-0.25, -0.2) is 0 Å². The summed E-state index contributed by atoms with van der Waals surface area (Å²) in [6, 6.07) is 0. The lowest BCUT2D eigenvalue weighted by Gasteiger charge is -2.44. The van der Waals surface area contributed by atoms with Gasteiger partial charge in [-0.05, 0) is 86.7 Å². The van der Waals surface area contributed by atoms with Crippen LogP contribution in [0.25, 0.3) is 0 Å². The molecule has 4 N–H and O–H groups in total. The Morgan fingerprint density at radius 2 is 1.97 bits per heavy atom. The number of allylic oxidation sites excluding steroid dienone is 3. The van der Waals surface area contributed by atoms with Gasteiger partial charge >= 0.3 is 0 Å². The number of aliphatic hydroxyl groups is 4. The fourth-order valence-corrected chi connectivity index (χ4v) is 7.12. The fraction of sp³-hybridized carbons (Fsp3) is 0.793. The van der Waals surface area contributed by atoms with Crippen LogP contribution in [-0.4, -0.2) is 57.6 Å². The molecule has 0 aromatic heterocycles. The fourth-order valence-electron chi connectivity index (χ4n) is 7.12. The molecule has 7 atom stereocenters. The van der Waals surface area contributed by atoms with Crippen molar-refractivity contribution in [3.63, 3.8) is 0 Å². The van der Waals surface area contributed by atoms with Crippen molar-refractivity contribution in [2.75, 3.05) is 13.2 Å². The van der Waals surface area contributed by atoms with E-state index in [1.54, 1.807) is 0 Å². The number of hydrogen-bond donors (Lipinski definition) is 4. The van der Waals surface area contributed by atoms with E-state index >= 15 is 0 Å². The molecule has 5 nitrogen and oxygen atoms in total. The van der Waals surface area contributed by atoms with Crippen molar-refractivity contribution in [3.8, 4) is 0 Å². The average Bonchev–Trinajstić information content (AvgIpc) is 3.12. The van der Waals surface area contributed by atoms with Gasteiger partial charge in [-0.3, -0.25) is 0 Å². The van der Waals surface area contributed by atoms with E-state index in [4.69, 9.17) is 9.84 Å². The van der Waals surface area contributed by atoms with Gasteiger partial charge in [0.15, 0.2) is 0 Å². The third-order valence-corrected chi connectivity index (χ3v) is 8.96. The maximum absolute atomic E-state index is 10.6. The second kappa shape index (κ2) is 11.4. The topological polar surface area (TPSA) is 90.2 Å². The van der Waals surface area contributed by atoms with Crippen molar-refractivity contribution < 1.29 is 25.2 Å². The molecule has 3 rings (SSSR count). The Morgan fingerprint density at radius 1 is 1.24 bits per heavy atom. The van der Waals surface area contributed by atoms with Crippen LogP contribution in [0.15, 0.2) is 35.5 Å². The number of rotatable bonds is 9. The molecular formula is C29H48O5. The minimum Gasteiger partial charge on any atom is -0.394 e. The van der Waals surface area contributed by atoms with E-state index < -0.39 is 23.9 Å². The van der Waals surface area contributed by atoms with Gasteiger partial charge in [0, 0.05) is 6.42 Å². The minimum atomic E-state index is -0.961. The molecule has 34 heavy (non-hydrogen) atoms. The highest BCUT2D eigenvalue weighted by Gasteiger charge is 2.50. The first-order chi connectivity index (χ1) is 16.0. The van der Waals surface area contributed by atoms with E-state index in [1.807, 2.05) is 13.8 Å². The van der Waals surface area contributed by atoms with Crippen LogP contribution in [-0.2, 0) is 4.74 Å². The number of aliphatic hydroxyl groups excluding tert-OH is 3. The lowest BCUT2D eigenvalue weighted by atomic mass is 9.60. The summed E-state index contributed by atoms with van der Waals surface area (Å²) in [6.45, 7) is 12.7. The van der Waals surface area contributed by atoms with Gasteiger partial charge in [0.05, 0.1) is 24.9 Å². The van der Waals surface area contributed by atoms with E-state index in [0.717, 1.165) is 24.8 Å². The summed E-state index contributed by atoms with van der Waals surface area (Å²) in [5.74, 6) is 1.97. The van der Waals surface area contributed by atoms with E-state index in [0.29, 0.717) is 35.2 Å². The molecule has 0 heterocycles. The summed E-state index contributed by atoms with van der Waals surface area (Å²) >= 11 is 0. The quantitative estimate of drug-likeness (QED) is 0.388. The Labute approximate surface area is 206 Å². The molecule has 0 aromatic rings. The molecule has 3 saturated carbocycles. The third-order valence-electron chi connectivity index (χ3n) is 8.96. The summed E-state index contributed by atoms with van der Waals surface area (Å²) in [4.78, 5) is 0. The average molecular weight is 477 g/mol. The molecule has 3 fully saturated rings. The zero-order chi connectivity index (χ0) is 25.1. The lowest BCUT2D eigenvalue weighted by molar-refractivity contribution is -0.101. The van der Waals surface area contributed by atoms with Gasteiger partial charge in [0.25, 0.3) is 0 Å². The van der Waals surface area contributed by atoms with E-state index in [2.05, 4.69) is 32.6 Å². The first kappa shape index (κ1) is 27.6. The smallest absolute Gasteiger partial charge is 0.114 e. The molecule has 3 aliphatic rings. The normalized spacial score (nSPS) is 37.9. The van der Waals surface area contributed by atoms with Gasteiger partial charge in [0.2, 0.25) is 0 Å². The van der Waals surface area contributed by atoms with Crippen LogP contribution in [0.2, 0.25) is 0 Å². The Hall–Kier alpha value is -0.980. The van der Waals surface area contributed by atoms with Crippen LogP contribution in [0.1, 0.15) is 85.5 Å². The largest absolute Gasteiger partial charge is 0.394 e. The number of hydrogen-bond acceptors (Lipinski definition) is 5. The van der Waals surface area contributed by atoms with Crippen molar-refractivity contribution in [2.45, 2.75) is 109 Å². The summed E-state index contributed by atoms with van der Waals surface area (Å²) in [7, 11) is 0. The molecular weight excluding hydrogens is 428 g/mol. The molecule has 5 heteroatoms. The monoisotopic (exact) mass is 476 g/mol. The zero-order valence-electron chi connectivity index (χ0n) is 21.8. The lowest BCUT2D eigenvalue weighted by Crippen LogP contribution is -2.45. The van der Waals surface area contributed by atoms with Gasteiger partial charge in [-0.1, -0.05) is 51.0 Å². The van der Waals surface area contributed by atoms with Crippen molar-refractivity contribution in [2.24, 2.45) is 23.2 Å². The van der Waals surface area contributed by atoms with Crippen LogP contribution in [0.4, 0.5) is 0 Å². The number of fused-ring (bicyclic) bond motifs is 1. The van der Waals surface area contributed by atoms with Gasteiger partial charge < -0.3 is 25.2 Å². The minimum absolute atomic E-state index is 0.0901. The third kappa shape index (κ3) is 6.22. The Kier molecular flexibility index (Phi) is 9.24. The van der Waals surface area contributed by atoms with Crippen LogP contribution >= 0.6 is 0 Å². The highest BCUT2D eigenvalue weighted by atomic mass is 16.5. The Bertz CT molecular complexity index is 763.